The summed E-state index contributed by atoms with van der Waals surface area (Å²) in [6.45, 7) is 0.115. The lowest BCUT2D eigenvalue weighted by Gasteiger charge is -2.18. The molecule has 6 heteroatoms. The summed E-state index contributed by atoms with van der Waals surface area (Å²) in [6.07, 6.45) is -0.910. The number of methoxy groups -OCH3 is 1. The fourth-order valence-corrected chi connectivity index (χ4v) is 2.92. The molecule has 6 nitrogen and oxygen atoms in total. The Labute approximate surface area is 162 Å². The number of hydrogen-bond donors (Lipinski definition) is 2. The molecular formula is C22H21NO5. The third-order valence-electron chi connectivity index (χ3n) is 4.36. The largest absolute Gasteiger partial charge is 0.497 e. The molecule has 0 spiro atoms. The average Bonchev–Trinajstić information content (AvgIpc) is 2.71. The molecule has 1 atom stereocenters. The first-order valence-electron chi connectivity index (χ1n) is 8.82. The zero-order chi connectivity index (χ0) is 19.9. The molecule has 0 aliphatic carbocycles. The van der Waals surface area contributed by atoms with Crippen LogP contribution in [0.3, 0.4) is 0 Å². The Hall–Kier alpha value is -3.54. The number of rotatable bonds is 7. The highest BCUT2D eigenvalue weighted by molar-refractivity contribution is 5.85. The molecule has 0 saturated carbocycles. The molecule has 3 rings (SSSR count). The minimum atomic E-state index is -1.01. The smallest absolute Gasteiger partial charge is 0.407 e. The normalized spacial score (nSPS) is 11.6. The molecule has 144 valence electrons. The van der Waals surface area contributed by atoms with Gasteiger partial charge in [-0.2, -0.15) is 0 Å². The number of hydrogen-bond acceptors (Lipinski definition) is 4. The molecule has 28 heavy (non-hydrogen) atoms. The number of nitrogens with one attached hydrogen (secondary N) is 1. The number of alkyl carbamates (subject to hydrolysis) is 1. The number of carbonyl (C=O) groups is 2. The van der Waals surface area contributed by atoms with E-state index >= 15 is 0 Å². The molecule has 3 aromatic rings. The van der Waals surface area contributed by atoms with Crippen molar-refractivity contribution in [2.24, 2.45) is 0 Å². The van der Waals surface area contributed by atoms with Crippen LogP contribution in [-0.4, -0.2) is 24.3 Å². The van der Waals surface area contributed by atoms with Crippen LogP contribution in [0, 0.1) is 0 Å². The van der Waals surface area contributed by atoms with E-state index in [0.29, 0.717) is 5.56 Å². The highest BCUT2D eigenvalue weighted by atomic mass is 16.5. The lowest BCUT2D eigenvalue weighted by Crippen LogP contribution is -2.30. The van der Waals surface area contributed by atoms with Gasteiger partial charge in [-0.25, -0.2) is 4.79 Å². The van der Waals surface area contributed by atoms with Crippen LogP contribution in [0.1, 0.15) is 23.6 Å². The van der Waals surface area contributed by atoms with E-state index in [1.807, 2.05) is 60.7 Å². The van der Waals surface area contributed by atoms with E-state index in [9.17, 15) is 14.7 Å². The average molecular weight is 379 g/mol. The van der Waals surface area contributed by atoms with Gasteiger partial charge < -0.3 is 19.9 Å². The van der Waals surface area contributed by atoms with Crippen molar-refractivity contribution in [3.8, 4) is 5.75 Å². The first-order valence-corrected chi connectivity index (χ1v) is 8.82. The van der Waals surface area contributed by atoms with Crippen LogP contribution in [0.15, 0.2) is 66.7 Å². The van der Waals surface area contributed by atoms with Gasteiger partial charge in [0.25, 0.3) is 0 Å². The highest BCUT2D eigenvalue weighted by Gasteiger charge is 2.19. The van der Waals surface area contributed by atoms with E-state index < -0.39 is 18.1 Å². The van der Waals surface area contributed by atoms with Gasteiger partial charge in [0.05, 0.1) is 19.6 Å². The van der Waals surface area contributed by atoms with Gasteiger partial charge >= 0.3 is 12.1 Å². The molecule has 0 saturated heterocycles. The Morgan fingerprint density at radius 2 is 1.71 bits per heavy atom. The maximum Gasteiger partial charge on any atom is 0.407 e. The molecule has 0 unspecified atom stereocenters. The second-order valence-electron chi connectivity index (χ2n) is 6.33. The molecule has 0 heterocycles. The molecule has 0 bridgehead atoms. The third kappa shape index (κ3) is 5.01. The fraction of sp³-hybridized carbons (Fsp3) is 0.182. The van der Waals surface area contributed by atoms with Gasteiger partial charge in [0.1, 0.15) is 12.4 Å². The highest BCUT2D eigenvalue weighted by Crippen LogP contribution is 2.26. The topological polar surface area (TPSA) is 84.9 Å². The van der Waals surface area contributed by atoms with Gasteiger partial charge in [-0.05, 0) is 40.1 Å². The predicted molar refractivity (Wildman–Crippen MR) is 105 cm³/mol. The number of ether oxygens (including phenoxy) is 2. The van der Waals surface area contributed by atoms with Gasteiger partial charge in [0.2, 0.25) is 0 Å². The first kappa shape index (κ1) is 19.2. The Balaban J connectivity index is 1.74. The van der Waals surface area contributed by atoms with Crippen LogP contribution < -0.4 is 10.1 Å². The Morgan fingerprint density at radius 3 is 2.43 bits per heavy atom. The van der Waals surface area contributed by atoms with Gasteiger partial charge in [-0.1, -0.05) is 48.5 Å². The summed E-state index contributed by atoms with van der Waals surface area (Å²) in [5, 5.41) is 13.8. The zero-order valence-corrected chi connectivity index (χ0v) is 15.4. The molecule has 3 aromatic carbocycles. The number of amides is 1. The van der Waals surface area contributed by atoms with Crippen molar-refractivity contribution in [2.45, 2.75) is 19.1 Å². The van der Waals surface area contributed by atoms with Gasteiger partial charge in [0, 0.05) is 0 Å². The van der Waals surface area contributed by atoms with E-state index in [0.717, 1.165) is 22.1 Å². The molecule has 0 aliphatic heterocycles. The number of carboxylic acid groups (broad SMARTS) is 1. The van der Waals surface area contributed by atoms with Crippen LogP contribution >= 0.6 is 0 Å². The zero-order valence-electron chi connectivity index (χ0n) is 15.4. The second kappa shape index (κ2) is 8.90. The summed E-state index contributed by atoms with van der Waals surface area (Å²) in [5.74, 6) is -0.270. The summed E-state index contributed by atoms with van der Waals surface area (Å²) in [7, 11) is 1.60. The monoisotopic (exact) mass is 379 g/mol. The first-order chi connectivity index (χ1) is 13.5. The van der Waals surface area contributed by atoms with Crippen LogP contribution in [-0.2, 0) is 16.1 Å². The fourth-order valence-electron chi connectivity index (χ4n) is 2.92. The summed E-state index contributed by atoms with van der Waals surface area (Å²) in [4.78, 5) is 23.5. The van der Waals surface area contributed by atoms with Crippen LogP contribution in [0.4, 0.5) is 4.79 Å². The van der Waals surface area contributed by atoms with Crippen molar-refractivity contribution in [3.05, 3.63) is 77.9 Å². The van der Waals surface area contributed by atoms with E-state index in [4.69, 9.17) is 9.47 Å². The van der Waals surface area contributed by atoms with Crippen LogP contribution in [0.5, 0.6) is 5.75 Å². The molecule has 0 aliphatic rings. The van der Waals surface area contributed by atoms with Crippen molar-refractivity contribution in [1.82, 2.24) is 5.32 Å². The second-order valence-corrected chi connectivity index (χ2v) is 6.33. The number of carboxylic acids is 1. The minimum Gasteiger partial charge on any atom is -0.497 e. The molecular weight excluding hydrogens is 358 g/mol. The summed E-state index contributed by atoms with van der Waals surface area (Å²) in [5.41, 5.74) is 1.55. The number of benzene rings is 3. The van der Waals surface area contributed by atoms with Crippen molar-refractivity contribution in [1.29, 1.82) is 0 Å². The van der Waals surface area contributed by atoms with Gasteiger partial charge in [-0.3, -0.25) is 4.79 Å². The Kier molecular flexibility index (Phi) is 6.11. The molecule has 0 aromatic heterocycles. The number of aliphatic carboxylic acids is 1. The van der Waals surface area contributed by atoms with Crippen LogP contribution in [0.25, 0.3) is 10.8 Å². The van der Waals surface area contributed by atoms with Gasteiger partial charge in [-0.15, -0.1) is 0 Å². The molecule has 2 N–H and O–H groups in total. The minimum absolute atomic E-state index is 0.115. The molecule has 0 fully saturated rings. The van der Waals surface area contributed by atoms with E-state index in [1.165, 1.54) is 0 Å². The van der Waals surface area contributed by atoms with Crippen molar-refractivity contribution in [3.63, 3.8) is 0 Å². The molecule has 1 amide bonds. The molecule has 0 radical (unpaired) electrons. The lowest BCUT2D eigenvalue weighted by molar-refractivity contribution is -0.137. The summed E-state index contributed by atoms with van der Waals surface area (Å²) in [6, 6.07) is 19.7. The Morgan fingerprint density at radius 1 is 1.00 bits per heavy atom. The summed E-state index contributed by atoms with van der Waals surface area (Å²) >= 11 is 0. The third-order valence-corrected chi connectivity index (χ3v) is 4.36. The quantitative estimate of drug-likeness (QED) is 0.640. The summed E-state index contributed by atoms with van der Waals surface area (Å²) < 4.78 is 10.4. The van der Waals surface area contributed by atoms with Crippen molar-refractivity contribution < 1.29 is 24.2 Å². The lowest BCUT2D eigenvalue weighted by atomic mass is 9.99. The SMILES string of the molecule is COc1ccc2cc([C@H](CC(=O)O)NC(=O)OCc3ccccc3)ccc2c1. The van der Waals surface area contributed by atoms with E-state index in [1.54, 1.807) is 13.2 Å². The van der Waals surface area contributed by atoms with E-state index in [2.05, 4.69) is 5.32 Å². The Bertz CT molecular complexity index is 971. The standard InChI is InChI=1S/C22H21NO5/c1-27-19-10-9-16-11-18(8-7-17(16)12-19)20(13-21(24)25)23-22(26)28-14-15-5-3-2-4-6-15/h2-12,20H,13-14H2,1H3,(H,23,26)(H,24,25)/t20-/m0/s1. The maximum atomic E-state index is 12.2. The number of carbonyl (C=O) groups excluding carboxylic acids is 1. The maximum absolute atomic E-state index is 12.2. The predicted octanol–water partition coefficient (Wildman–Crippen LogP) is 4.29. The van der Waals surface area contributed by atoms with Crippen LogP contribution in [0.2, 0.25) is 0 Å². The van der Waals surface area contributed by atoms with Gasteiger partial charge in [0.15, 0.2) is 0 Å². The van der Waals surface area contributed by atoms with Crippen molar-refractivity contribution in [2.75, 3.05) is 7.11 Å². The van der Waals surface area contributed by atoms with E-state index in [-0.39, 0.29) is 13.0 Å². The number of fused-ring (bicyclic) bond motifs is 1. The van der Waals surface area contributed by atoms with Crippen molar-refractivity contribution >= 4 is 22.8 Å².